The highest BCUT2D eigenvalue weighted by Crippen LogP contribution is 2.32. The molecule has 24 heavy (non-hydrogen) atoms. The van der Waals surface area contributed by atoms with E-state index in [1.807, 2.05) is 32.9 Å². The summed E-state index contributed by atoms with van der Waals surface area (Å²) in [7, 11) is 1.68. The zero-order chi connectivity index (χ0) is 17.9. The van der Waals surface area contributed by atoms with E-state index in [-0.39, 0.29) is 17.7 Å². The fourth-order valence-electron chi connectivity index (χ4n) is 2.68. The number of aryl methyl sites for hydroxylation is 1. The van der Waals surface area contributed by atoms with Gasteiger partial charge in [-0.25, -0.2) is 0 Å². The molecule has 5 nitrogen and oxygen atoms in total. The number of likely N-dealkylation sites (N-methyl/N-ethyl adjacent to an activating group) is 1. The van der Waals surface area contributed by atoms with Crippen molar-refractivity contribution >= 4 is 11.8 Å². The summed E-state index contributed by atoms with van der Waals surface area (Å²) < 4.78 is 0. The molecule has 0 spiro atoms. The van der Waals surface area contributed by atoms with E-state index in [4.69, 9.17) is 0 Å². The Kier molecular flexibility index (Phi) is 5.99. The van der Waals surface area contributed by atoms with Crippen molar-refractivity contribution in [1.82, 2.24) is 10.2 Å². The predicted molar refractivity (Wildman–Crippen MR) is 93.6 cm³/mol. The maximum absolute atomic E-state index is 12.7. The Morgan fingerprint density at radius 3 is 2.33 bits per heavy atom. The molecule has 0 aromatic heterocycles. The first-order valence-electron chi connectivity index (χ1n) is 8.60. The van der Waals surface area contributed by atoms with E-state index in [2.05, 4.69) is 5.32 Å². The molecule has 2 unspecified atom stereocenters. The standard InChI is InChI=1S/C19H28N2O3/c1-12(2)17(19(24)21(4)11-16(22)14-9-10-14)20-18(23)15-7-5-13(3)6-8-15/h5-8,12,14,16-17,22H,9-11H2,1-4H3,(H,20,23). The van der Waals surface area contributed by atoms with Gasteiger partial charge in [0, 0.05) is 19.2 Å². The van der Waals surface area contributed by atoms with Crippen LogP contribution in [0.2, 0.25) is 0 Å². The van der Waals surface area contributed by atoms with E-state index >= 15 is 0 Å². The molecule has 1 aliphatic carbocycles. The fraction of sp³-hybridized carbons (Fsp3) is 0.579. The molecule has 1 fully saturated rings. The predicted octanol–water partition coefficient (Wildman–Crippen LogP) is 1.98. The third kappa shape index (κ3) is 4.81. The quantitative estimate of drug-likeness (QED) is 0.802. The summed E-state index contributed by atoms with van der Waals surface area (Å²) >= 11 is 0. The molecule has 1 aromatic rings. The summed E-state index contributed by atoms with van der Waals surface area (Å²) in [5.74, 6) is -0.129. The number of carbonyl (C=O) groups is 2. The van der Waals surface area contributed by atoms with E-state index in [1.165, 1.54) is 4.90 Å². The van der Waals surface area contributed by atoms with Crippen LogP contribution in [0.15, 0.2) is 24.3 Å². The van der Waals surface area contributed by atoms with Crippen LogP contribution in [-0.4, -0.2) is 47.6 Å². The lowest BCUT2D eigenvalue weighted by molar-refractivity contribution is -0.134. The Labute approximate surface area is 144 Å². The van der Waals surface area contributed by atoms with Gasteiger partial charge in [0.15, 0.2) is 0 Å². The molecule has 1 aliphatic rings. The largest absolute Gasteiger partial charge is 0.391 e. The molecular weight excluding hydrogens is 304 g/mol. The molecule has 5 heteroatoms. The summed E-state index contributed by atoms with van der Waals surface area (Å²) in [5, 5.41) is 12.9. The van der Waals surface area contributed by atoms with Gasteiger partial charge in [0.1, 0.15) is 6.04 Å². The Morgan fingerprint density at radius 1 is 1.25 bits per heavy atom. The second-order valence-corrected chi connectivity index (χ2v) is 7.18. The Balaban J connectivity index is 2.00. The maximum Gasteiger partial charge on any atom is 0.251 e. The summed E-state index contributed by atoms with van der Waals surface area (Å²) in [5.41, 5.74) is 1.62. The average molecular weight is 332 g/mol. The lowest BCUT2D eigenvalue weighted by atomic mass is 10.0. The van der Waals surface area contributed by atoms with Gasteiger partial charge in [0.25, 0.3) is 5.91 Å². The van der Waals surface area contributed by atoms with Crippen LogP contribution in [-0.2, 0) is 4.79 Å². The molecule has 132 valence electrons. The minimum atomic E-state index is -0.602. The van der Waals surface area contributed by atoms with Crippen LogP contribution in [0.1, 0.15) is 42.6 Å². The monoisotopic (exact) mass is 332 g/mol. The maximum atomic E-state index is 12.7. The van der Waals surface area contributed by atoms with Crippen LogP contribution in [0.5, 0.6) is 0 Å². The second kappa shape index (κ2) is 7.79. The number of aliphatic hydroxyl groups is 1. The molecule has 2 atom stereocenters. The first-order valence-corrected chi connectivity index (χ1v) is 8.60. The van der Waals surface area contributed by atoms with Gasteiger partial charge in [0.05, 0.1) is 6.10 Å². The number of aliphatic hydroxyl groups excluding tert-OH is 1. The lowest BCUT2D eigenvalue weighted by Crippen LogP contribution is -2.51. The molecule has 2 rings (SSSR count). The highest BCUT2D eigenvalue weighted by molar-refractivity contribution is 5.97. The number of nitrogens with zero attached hydrogens (tertiary/aromatic N) is 1. The first kappa shape index (κ1) is 18.5. The van der Waals surface area contributed by atoms with Gasteiger partial charge >= 0.3 is 0 Å². The van der Waals surface area contributed by atoms with Crippen LogP contribution in [0.3, 0.4) is 0 Å². The highest BCUT2D eigenvalue weighted by Gasteiger charge is 2.33. The minimum absolute atomic E-state index is 0.0348. The first-order chi connectivity index (χ1) is 11.3. The second-order valence-electron chi connectivity index (χ2n) is 7.18. The average Bonchev–Trinajstić information content (AvgIpc) is 3.36. The van der Waals surface area contributed by atoms with Crippen LogP contribution >= 0.6 is 0 Å². The van der Waals surface area contributed by atoms with Crippen LogP contribution < -0.4 is 5.32 Å². The van der Waals surface area contributed by atoms with E-state index in [0.29, 0.717) is 18.0 Å². The molecular formula is C19H28N2O3. The van der Waals surface area contributed by atoms with Crippen molar-refractivity contribution in [2.45, 2.75) is 45.8 Å². The zero-order valence-corrected chi connectivity index (χ0v) is 15.0. The van der Waals surface area contributed by atoms with Gasteiger partial charge < -0.3 is 15.3 Å². The number of benzene rings is 1. The molecule has 2 amide bonds. The molecule has 0 aliphatic heterocycles. The van der Waals surface area contributed by atoms with Crippen LogP contribution in [0.4, 0.5) is 0 Å². The summed E-state index contributed by atoms with van der Waals surface area (Å²) in [6, 6.07) is 6.66. The Bertz CT molecular complexity index is 579. The van der Waals surface area contributed by atoms with Crippen LogP contribution in [0.25, 0.3) is 0 Å². The Morgan fingerprint density at radius 2 is 1.83 bits per heavy atom. The molecule has 1 aromatic carbocycles. The van der Waals surface area contributed by atoms with E-state index < -0.39 is 12.1 Å². The van der Waals surface area contributed by atoms with Crippen molar-refractivity contribution in [3.05, 3.63) is 35.4 Å². The normalized spacial score (nSPS) is 16.6. The number of amides is 2. The van der Waals surface area contributed by atoms with Crippen molar-refractivity contribution in [3.8, 4) is 0 Å². The van der Waals surface area contributed by atoms with Gasteiger partial charge in [-0.05, 0) is 43.7 Å². The lowest BCUT2D eigenvalue weighted by Gasteiger charge is -2.28. The van der Waals surface area contributed by atoms with E-state index in [0.717, 1.165) is 18.4 Å². The number of carbonyl (C=O) groups excluding carboxylic acids is 2. The molecule has 0 bridgehead atoms. The number of hydrogen-bond acceptors (Lipinski definition) is 3. The SMILES string of the molecule is Cc1ccc(C(=O)NC(C(=O)N(C)CC(O)C2CC2)C(C)C)cc1. The van der Waals surface area contributed by atoms with Crippen molar-refractivity contribution in [2.75, 3.05) is 13.6 Å². The van der Waals surface area contributed by atoms with Crippen LogP contribution in [0, 0.1) is 18.8 Å². The highest BCUT2D eigenvalue weighted by atomic mass is 16.3. The minimum Gasteiger partial charge on any atom is -0.391 e. The Hall–Kier alpha value is -1.88. The van der Waals surface area contributed by atoms with Crippen molar-refractivity contribution < 1.29 is 14.7 Å². The zero-order valence-electron chi connectivity index (χ0n) is 15.0. The summed E-state index contributed by atoms with van der Waals surface area (Å²) in [6.45, 7) is 6.09. The topological polar surface area (TPSA) is 69.6 Å². The molecule has 2 N–H and O–H groups in total. The van der Waals surface area contributed by atoms with Gasteiger partial charge in [-0.2, -0.15) is 0 Å². The van der Waals surface area contributed by atoms with E-state index in [9.17, 15) is 14.7 Å². The van der Waals surface area contributed by atoms with Gasteiger partial charge in [-0.15, -0.1) is 0 Å². The summed E-state index contributed by atoms with van der Waals surface area (Å²) in [4.78, 5) is 26.6. The number of nitrogens with one attached hydrogen (secondary N) is 1. The molecule has 0 heterocycles. The van der Waals surface area contributed by atoms with Gasteiger partial charge in [-0.3, -0.25) is 9.59 Å². The van der Waals surface area contributed by atoms with Crippen molar-refractivity contribution in [3.63, 3.8) is 0 Å². The smallest absolute Gasteiger partial charge is 0.251 e. The molecule has 0 radical (unpaired) electrons. The summed E-state index contributed by atoms with van der Waals surface area (Å²) in [6.07, 6.45) is 1.58. The van der Waals surface area contributed by atoms with E-state index in [1.54, 1.807) is 19.2 Å². The van der Waals surface area contributed by atoms with Crippen molar-refractivity contribution in [2.24, 2.45) is 11.8 Å². The third-order valence-corrected chi connectivity index (χ3v) is 4.54. The number of rotatable bonds is 7. The van der Waals surface area contributed by atoms with Gasteiger partial charge in [-0.1, -0.05) is 31.5 Å². The molecule has 0 saturated heterocycles. The fourth-order valence-corrected chi connectivity index (χ4v) is 2.68. The molecule has 1 saturated carbocycles. The van der Waals surface area contributed by atoms with Crippen molar-refractivity contribution in [1.29, 1.82) is 0 Å². The third-order valence-electron chi connectivity index (χ3n) is 4.54. The number of hydrogen-bond donors (Lipinski definition) is 2. The van der Waals surface area contributed by atoms with Gasteiger partial charge in [0.2, 0.25) is 5.91 Å².